The molecule has 1 amide bonds. The van der Waals surface area contributed by atoms with Crippen LogP contribution in [0, 0.1) is 11.8 Å². The highest BCUT2D eigenvalue weighted by atomic mass is 16.3. The first kappa shape index (κ1) is 20.3. The summed E-state index contributed by atoms with van der Waals surface area (Å²) in [7, 11) is 0. The maximum atomic E-state index is 13.1. The minimum absolute atomic E-state index is 0.0356. The van der Waals surface area contributed by atoms with Gasteiger partial charge in [-0.2, -0.15) is 0 Å². The third kappa shape index (κ3) is 4.61. The summed E-state index contributed by atoms with van der Waals surface area (Å²) in [5, 5.41) is 0. The number of ketones is 1. The van der Waals surface area contributed by atoms with Crippen molar-refractivity contribution >= 4 is 22.8 Å². The first-order valence-electron chi connectivity index (χ1n) is 10.7. The Bertz CT molecular complexity index is 1040. The van der Waals surface area contributed by atoms with E-state index in [2.05, 4.69) is 18.8 Å². The van der Waals surface area contributed by atoms with Gasteiger partial charge >= 0.3 is 0 Å². The fraction of sp³-hybridized carbons (Fsp3) is 0.400. The van der Waals surface area contributed by atoms with E-state index in [0.717, 1.165) is 18.4 Å². The van der Waals surface area contributed by atoms with E-state index in [0.29, 0.717) is 54.4 Å². The highest BCUT2D eigenvalue weighted by Gasteiger charge is 2.29. The monoisotopic (exact) mass is 404 g/mol. The first-order chi connectivity index (χ1) is 14.5. The Morgan fingerprint density at radius 2 is 1.97 bits per heavy atom. The Morgan fingerprint density at radius 3 is 2.73 bits per heavy atom. The van der Waals surface area contributed by atoms with Crippen LogP contribution < -0.4 is 0 Å². The molecule has 0 spiro atoms. The topological polar surface area (TPSA) is 63.4 Å². The van der Waals surface area contributed by atoms with Gasteiger partial charge in [0, 0.05) is 37.4 Å². The number of hydrogen-bond donors (Lipinski definition) is 0. The summed E-state index contributed by atoms with van der Waals surface area (Å²) in [5.41, 5.74) is 3.10. The van der Waals surface area contributed by atoms with E-state index in [1.54, 1.807) is 12.1 Å². The number of hydrogen-bond acceptors (Lipinski definition) is 4. The molecule has 0 saturated carbocycles. The van der Waals surface area contributed by atoms with E-state index in [4.69, 9.17) is 4.42 Å². The van der Waals surface area contributed by atoms with Crippen molar-refractivity contribution in [3.05, 3.63) is 65.5 Å². The maximum Gasteiger partial charge on any atom is 0.253 e. The number of likely N-dealkylation sites (tertiary alicyclic amines) is 1. The van der Waals surface area contributed by atoms with E-state index in [9.17, 15) is 9.59 Å². The minimum Gasteiger partial charge on any atom is -0.440 e. The average molecular weight is 405 g/mol. The van der Waals surface area contributed by atoms with Gasteiger partial charge < -0.3 is 9.32 Å². The lowest BCUT2D eigenvalue weighted by molar-refractivity contribution is -0.124. The zero-order valence-electron chi connectivity index (χ0n) is 17.6. The molecule has 1 aromatic heterocycles. The number of carbonyl (C=O) groups excluding carboxylic acids is 2. The smallest absolute Gasteiger partial charge is 0.253 e. The lowest BCUT2D eigenvalue weighted by Gasteiger charge is -2.32. The van der Waals surface area contributed by atoms with Crippen LogP contribution in [0.1, 0.15) is 54.9 Å². The number of carbonyl (C=O) groups is 2. The molecule has 4 rings (SSSR count). The van der Waals surface area contributed by atoms with Crippen LogP contribution in [0.25, 0.3) is 11.1 Å². The third-order valence-electron chi connectivity index (χ3n) is 5.65. The zero-order valence-corrected chi connectivity index (χ0v) is 17.6. The second kappa shape index (κ2) is 8.82. The Hall–Kier alpha value is -2.95. The summed E-state index contributed by atoms with van der Waals surface area (Å²) in [6.45, 7) is 5.33. The van der Waals surface area contributed by atoms with Gasteiger partial charge in [0.15, 0.2) is 11.5 Å². The van der Waals surface area contributed by atoms with Gasteiger partial charge in [-0.25, -0.2) is 4.98 Å². The number of benzene rings is 2. The number of fused-ring (bicyclic) bond motifs is 1. The molecule has 1 aliphatic heterocycles. The van der Waals surface area contributed by atoms with Crippen molar-refractivity contribution in [1.82, 2.24) is 9.88 Å². The van der Waals surface area contributed by atoms with E-state index < -0.39 is 0 Å². The van der Waals surface area contributed by atoms with Gasteiger partial charge in [0.1, 0.15) is 11.3 Å². The van der Waals surface area contributed by atoms with Crippen molar-refractivity contribution in [2.75, 3.05) is 13.1 Å². The van der Waals surface area contributed by atoms with Crippen LogP contribution in [0.5, 0.6) is 0 Å². The summed E-state index contributed by atoms with van der Waals surface area (Å²) in [6, 6.07) is 15.5. The summed E-state index contributed by atoms with van der Waals surface area (Å²) < 4.78 is 5.86. The van der Waals surface area contributed by atoms with Crippen LogP contribution in [-0.4, -0.2) is 34.7 Å². The first-order valence-corrected chi connectivity index (χ1v) is 10.7. The summed E-state index contributed by atoms with van der Waals surface area (Å²) in [4.78, 5) is 32.0. The molecule has 0 aliphatic carbocycles. The molecule has 30 heavy (non-hydrogen) atoms. The molecule has 2 heterocycles. The Morgan fingerprint density at radius 1 is 1.17 bits per heavy atom. The standard InChI is InChI=1S/C25H28N2O3/c1-17(2)13-22(28)20-9-6-12-27(16-20)25(29)19-10-11-23-21(15-19)26-24(30-23)14-18-7-4-3-5-8-18/h3-5,7-8,10-11,15,17,20H,6,9,12-14,16H2,1-2H3/t20-/m0/s1. The average Bonchev–Trinajstić information content (AvgIpc) is 3.15. The molecule has 0 bridgehead atoms. The highest BCUT2D eigenvalue weighted by Crippen LogP contribution is 2.24. The van der Waals surface area contributed by atoms with Gasteiger partial charge in [-0.05, 0) is 42.5 Å². The van der Waals surface area contributed by atoms with Crippen molar-refractivity contribution < 1.29 is 14.0 Å². The SMILES string of the molecule is CC(C)CC(=O)[C@H]1CCCN(C(=O)c2ccc3oc(Cc4ccccc4)nc3c2)C1. The summed E-state index contributed by atoms with van der Waals surface area (Å²) in [6.07, 6.45) is 2.94. The molecular formula is C25H28N2O3. The molecule has 5 nitrogen and oxygen atoms in total. The van der Waals surface area contributed by atoms with E-state index in [1.807, 2.05) is 41.3 Å². The molecule has 1 aliphatic rings. The number of oxazole rings is 1. The van der Waals surface area contributed by atoms with Gasteiger partial charge in [0.05, 0.1) is 0 Å². The van der Waals surface area contributed by atoms with Crippen molar-refractivity contribution in [3.63, 3.8) is 0 Å². The molecular weight excluding hydrogens is 376 g/mol. The Balaban J connectivity index is 1.48. The predicted molar refractivity (Wildman–Crippen MR) is 116 cm³/mol. The maximum absolute atomic E-state index is 13.1. The second-order valence-corrected chi connectivity index (χ2v) is 8.61. The van der Waals surface area contributed by atoms with Crippen LogP contribution in [0.4, 0.5) is 0 Å². The number of rotatable bonds is 6. The van der Waals surface area contributed by atoms with Crippen molar-refractivity contribution in [3.8, 4) is 0 Å². The fourth-order valence-electron chi connectivity index (χ4n) is 4.13. The van der Waals surface area contributed by atoms with E-state index >= 15 is 0 Å². The van der Waals surface area contributed by atoms with Gasteiger partial charge in [-0.1, -0.05) is 44.2 Å². The predicted octanol–water partition coefficient (Wildman–Crippen LogP) is 4.89. The van der Waals surface area contributed by atoms with E-state index in [1.165, 1.54) is 0 Å². The molecule has 0 radical (unpaired) electrons. The van der Waals surface area contributed by atoms with Crippen LogP contribution in [0.2, 0.25) is 0 Å². The molecule has 3 aromatic rings. The minimum atomic E-state index is -0.0432. The fourth-order valence-corrected chi connectivity index (χ4v) is 4.13. The van der Waals surface area contributed by atoms with Crippen molar-refractivity contribution in [1.29, 1.82) is 0 Å². The van der Waals surface area contributed by atoms with E-state index in [-0.39, 0.29) is 17.6 Å². The molecule has 0 N–H and O–H groups in total. The zero-order chi connectivity index (χ0) is 21.1. The van der Waals surface area contributed by atoms with Gasteiger partial charge in [0.2, 0.25) is 0 Å². The molecule has 0 unspecified atom stereocenters. The molecule has 2 aromatic carbocycles. The number of amides is 1. The Labute approximate surface area is 177 Å². The normalized spacial score (nSPS) is 16.9. The second-order valence-electron chi connectivity index (χ2n) is 8.61. The van der Waals surface area contributed by atoms with Crippen LogP contribution in [0.3, 0.4) is 0 Å². The Kier molecular flexibility index (Phi) is 5.98. The van der Waals surface area contributed by atoms with Gasteiger partial charge in [-0.3, -0.25) is 9.59 Å². The number of aromatic nitrogens is 1. The number of nitrogens with zero attached hydrogens (tertiary/aromatic N) is 2. The van der Waals surface area contributed by atoms with Gasteiger partial charge in [0.25, 0.3) is 5.91 Å². The largest absolute Gasteiger partial charge is 0.440 e. The molecule has 156 valence electrons. The quantitative estimate of drug-likeness (QED) is 0.587. The molecule has 1 fully saturated rings. The number of piperidine rings is 1. The molecule has 5 heteroatoms. The number of Topliss-reactive ketones (excluding diaryl/α,β-unsaturated/α-hetero) is 1. The van der Waals surface area contributed by atoms with Crippen molar-refractivity contribution in [2.24, 2.45) is 11.8 Å². The van der Waals surface area contributed by atoms with Gasteiger partial charge in [-0.15, -0.1) is 0 Å². The molecule has 1 saturated heterocycles. The summed E-state index contributed by atoms with van der Waals surface area (Å²) in [5.74, 6) is 1.19. The third-order valence-corrected chi connectivity index (χ3v) is 5.65. The lowest BCUT2D eigenvalue weighted by atomic mass is 9.89. The highest BCUT2D eigenvalue weighted by molar-refractivity contribution is 5.97. The van der Waals surface area contributed by atoms with Crippen molar-refractivity contribution in [2.45, 2.75) is 39.5 Å². The lowest BCUT2D eigenvalue weighted by Crippen LogP contribution is -2.42. The summed E-state index contributed by atoms with van der Waals surface area (Å²) >= 11 is 0. The van der Waals surface area contributed by atoms with Crippen LogP contribution >= 0.6 is 0 Å². The van der Waals surface area contributed by atoms with Crippen LogP contribution in [0.15, 0.2) is 52.9 Å². The molecule has 1 atom stereocenters. The van der Waals surface area contributed by atoms with Crippen LogP contribution in [-0.2, 0) is 11.2 Å².